The van der Waals surface area contributed by atoms with E-state index in [-0.39, 0.29) is 12.0 Å². The number of aliphatic hydroxyl groups excluding tert-OH is 1. The van der Waals surface area contributed by atoms with Crippen molar-refractivity contribution in [3.8, 4) is 0 Å². The third-order valence-electron chi connectivity index (χ3n) is 4.79. The predicted molar refractivity (Wildman–Crippen MR) is 84.2 cm³/mol. The number of amides is 1. The van der Waals surface area contributed by atoms with E-state index in [4.69, 9.17) is 0 Å². The largest absolute Gasteiger partial charge is 0.392 e. The van der Waals surface area contributed by atoms with Gasteiger partial charge in [-0.05, 0) is 52.2 Å². The monoisotopic (exact) mass is 297 g/mol. The Morgan fingerprint density at radius 3 is 2.76 bits per heavy atom. The van der Waals surface area contributed by atoms with Gasteiger partial charge in [0.1, 0.15) is 0 Å². The summed E-state index contributed by atoms with van der Waals surface area (Å²) in [6, 6.07) is 0.602. The van der Waals surface area contributed by atoms with Crippen LogP contribution >= 0.6 is 0 Å². The molecule has 1 saturated carbocycles. The van der Waals surface area contributed by atoms with Gasteiger partial charge in [0, 0.05) is 19.1 Å². The highest BCUT2D eigenvalue weighted by molar-refractivity contribution is 5.77. The second-order valence-electron chi connectivity index (χ2n) is 6.65. The van der Waals surface area contributed by atoms with Crippen molar-refractivity contribution < 1.29 is 9.90 Å². The molecule has 0 aromatic heterocycles. The fourth-order valence-electron chi connectivity index (χ4n) is 3.52. The van der Waals surface area contributed by atoms with Crippen LogP contribution in [0.2, 0.25) is 0 Å². The number of hydrogen-bond donors (Lipinski definition) is 2. The Labute approximate surface area is 128 Å². The zero-order valence-electron chi connectivity index (χ0n) is 13.4. The highest BCUT2D eigenvalue weighted by Crippen LogP contribution is 2.21. The zero-order valence-corrected chi connectivity index (χ0v) is 13.4. The molecule has 2 aliphatic rings. The Balaban J connectivity index is 1.52. The van der Waals surface area contributed by atoms with Gasteiger partial charge in [-0.3, -0.25) is 9.69 Å². The van der Waals surface area contributed by atoms with Crippen molar-refractivity contribution in [1.29, 1.82) is 0 Å². The van der Waals surface area contributed by atoms with Crippen LogP contribution in [0.3, 0.4) is 0 Å². The van der Waals surface area contributed by atoms with Crippen molar-refractivity contribution in [2.45, 2.75) is 57.1 Å². The lowest BCUT2D eigenvalue weighted by Gasteiger charge is -2.29. The molecule has 21 heavy (non-hydrogen) atoms. The van der Waals surface area contributed by atoms with Gasteiger partial charge in [-0.15, -0.1) is 0 Å². The van der Waals surface area contributed by atoms with Crippen LogP contribution in [0.5, 0.6) is 0 Å². The van der Waals surface area contributed by atoms with E-state index in [0.29, 0.717) is 12.6 Å². The van der Waals surface area contributed by atoms with Gasteiger partial charge in [0.25, 0.3) is 0 Å². The number of nitrogens with one attached hydrogen (secondary N) is 1. The highest BCUT2D eigenvalue weighted by atomic mass is 16.3. The fourth-order valence-corrected chi connectivity index (χ4v) is 3.52. The predicted octanol–water partition coefficient (Wildman–Crippen LogP) is 0.824. The Morgan fingerprint density at radius 2 is 2.05 bits per heavy atom. The van der Waals surface area contributed by atoms with Crippen molar-refractivity contribution in [2.24, 2.45) is 0 Å². The van der Waals surface area contributed by atoms with E-state index in [0.717, 1.165) is 45.4 Å². The van der Waals surface area contributed by atoms with Crippen LogP contribution in [0, 0.1) is 0 Å². The summed E-state index contributed by atoms with van der Waals surface area (Å²) in [4.78, 5) is 16.4. The molecule has 2 fully saturated rings. The lowest BCUT2D eigenvalue weighted by molar-refractivity contribution is -0.122. The number of likely N-dealkylation sites (N-methyl/N-ethyl adjacent to an activating group) is 1. The number of nitrogens with zero attached hydrogens (tertiary/aromatic N) is 2. The molecule has 0 aromatic carbocycles. The van der Waals surface area contributed by atoms with Gasteiger partial charge in [-0.1, -0.05) is 12.8 Å². The Kier molecular flexibility index (Phi) is 6.93. The minimum absolute atomic E-state index is 0.142. The number of piperidine rings is 1. The van der Waals surface area contributed by atoms with Crippen LogP contribution in [-0.4, -0.2) is 72.7 Å². The molecule has 1 amide bonds. The van der Waals surface area contributed by atoms with Crippen molar-refractivity contribution >= 4 is 5.91 Å². The van der Waals surface area contributed by atoms with Gasteiger partial charge >= 0.3 is 0 Å². The zero-order chi connectivity index (χ0) is 15.1. The number of aliphatic hydroxyl groups is 1. The van der Waals surface area contributed by atoms with E-state index in [1.807, 2.05) is 0 Å². The van der Waals surface area contributed by atoms with Crippen LogP contribution in [0.4, 0.5) is 0 Å². The minimum atomic E-state index is -0.159. The third-order valence-corrected chi connectivity index (χ3v) is 4.79. The van der Waals surface area contributed by atoms with Crippen LogP contribution in [-0.2, 0) is 4.79 Å². The van der Waals surface area contributed by atoms with Crippen LogP contribution in [0.1, 0.15) is 44.9 Å². The minimum Gasteiger partial charge on any atom is -0.392 e. The molecule has 0 spiro atoms. The highest BCUT2D eigenvalue weighted by Gasteiger charge is 2.21. The van der Waals surface area contributed by atoms with Gasteiger partial charge in [0.15, 0.2) is 0 Å². The summed E-state index contributed by atoms with van der Waals surface area (Å²) < 4.78 is 0. The topological polar surface area (TPSA) is 55.8 Å². The number of rotatable bonds is 7. The number of hydrogen-bond acceptors (Lipinski definition) is 4. The van der Waals surface area contributed by atoms with Crippen LogP contribution < -0.4 is 5.32 Å². The van der Waals surface area contributed by atoms with E-state index in [2.05, 4.69) is 22.2 Å². The second kappa shape index (κ2) is 8.71. The van der Waals surface area contributed by atoms with Crippen molar-refractivity contribution in [3.05, 3.63) is 0 Å². The summed E-state index contributed by atoms with van der Waals surface area (Å²) in [7, 11) is 2.06. The SMILES string of the molecule is CN(CC(=O)NCCCN1CCC[C@@H](O)C1)C1CCCC1. The average molecular weight is 297 g/mol. The molecule has 2 rings (SSSR count). The number of carbonyl (C=O) groups is 1. The Bertz CT molecular complexity index is 319. The van der Waals surface area contributed by atoms with Gasteiger partial charge in [-0.25, -0.2) is 0 Å². The summed E-state index contributed by atoms with van der Waals surface area (Å²) in [5, 5.41) is 12.6. The molecule has 0 aromatic rings. The molecular formula is C16H31N3O2. The number of likely N-dealkylation sites (tertiary alicyclic amines) is 1. The summed E-state index contributed by atoms with van der Waals surface area (Å²) in [6.07, 6.45) is 7.90. The van der Waals surface area contributed by atoms with E-state index in [1.54, 1.807) is 0 Å². The maximum Gasteiger partial charge on any atom is 0.234 e. The summed E-state index contributed by atoms with van der Waals surface area (Å²) in [5.41, 5.74) is 0. The lowest BCUT2D eigenvalue weighted by Crippen LogP contribution is -2.41. The molecule has 1 atom stereocenters. The summed E-state index contributed by atoms with van der Waals surface area (Å²) in [6.45, 7) is 4.10. The van der Waals surface area contributed by atoms with Gasteiger partial charge < -0.3 is 15.3 Å². The molecule has 0 bridgehead atoms. The molecule has 1 aliphatic heterocycles. The maximum absolute atomic E-state index is 11.9. The Morgan fingerprint density at radius 1 is 1.29 bits per heavy atom. The van der Waals surface area contributed by atoms with Gasteiger partial charge in [-0.2, -0.15) is 0 Å². The van der Waals surface area contributed by atoms with Crippen molar-refractivity contribution in [1.82, 2.24) is 15.1 Å². The Hall–Kier alpha value is -0.650. The molecule has 1 heterocycles. The first-order valence-corrected chi connectivity index (χ1v) is 8.52. The average Bonchev–Trinajstić information content (AvgIpc) is 2.98. The molecule has 5 nitrogen and oxygen atoms in total. The van der Waals surface area contributed by atoms with Crippen molar-refractivity contribution in [2.75, 3.05) is 39.8 Å². The van der Waals surface area contributed by atoms with E-state index in [1.165, 1.54) is 25.7 Å². The number of carbonyl (C=O) groups excluding carboxylic acids is 1. The van der Waals surface area contributed by atoms with E-state index < -0.39 is 0 Å². The standard InChI is InChI=1S/C16H31N3O2/c1-18(14-6-2-3-7-14)13-16(21)17-9-5-11-19-10-4-8-15(20)12-19/h14-15,20H,2-13H2,1H3,(H,17,21)/t15-/m1/s1. The first-order chi connectivity index (χ1) is 10.1. The lowest BCUT2D eigenvalue weighted by atomic mass is 10.1. The quantitative estimate of drug-likeness (QED) is 0.683. The first-order valence-electron chi connectivity index (χ1n) is 8.52. The fraction of sp³-hybridized carbons (Fsp3) is 0.938. The van der Waals surface area contributed by atoms with Crippen molar-refractivity contribution in [3.63, 3.8) is 0 Å². The molecular weight excluding hydrogens is 266 g/mol. The second-order valence-corrected chi connectivity index (χ2v) is 6.65. The molecule has 1 aliphatic carbocycles. The molecule has 1 saturated heterocycles. The summed E-state index contributed by atoms with van der Waals surface area (Å²) >= 11 is 0. The molecule has 2 N–H and O–H groups in total. The number of β-amino-alcohol motifs (C(OH)–C–C–N with tert-alkyl or cyclic N) is 1. The molecule has 0 radical (unpaired) electrons. The first kappa shape index (κ1) is 16.7. The van der Waals surface area contributed by atoms with E-state index in [9.17, 15) is 9.90 Å². The molecule has 122 valence electrons. The normalized spacial score (nSPS) is 24.6. The van der Waals surface area contributed by atoms with Gasteiger partial charge in [0.2, 0.25) is 5.91 Å². The van der Waals surface area contributed by atoms with Crippen LogP contribution in [0.25, 0.3) is 0 Å². The smallest absolute Gasteiger partial charge is 0.234 e. The van der Waals surface area contributed by atoms with E-state index >= 15 is 0 Å². The third kappa shape index (κ3) is 5.93. The van der Waals surface area contributed by atoms with Crippen LogP contribution in [0.15, 0.2) is 0 Å². The molecule has 5 heteroatoms. The summed E-state index contributed by atoms with van der Waals surface area (Å²) in [5.74, 6) is 0.142. The molecule has 0 unspecified atom stereocenters. The van der Waals surface area contributed by atoms with Gasteiger partial charge in [0.05, 0.1) is 12.6 Å². The maximum atomic E-state index is 11.9.